The zero-order valence-corrected chi connectivity index (χ0v) is 19.2. The first-order valence-corrected chi connectivity index (χ1v) is 11.5. The number of anilines is 1. The fraction of sp³-hybridized carbons (Fsp3) is 0.462. The van der Waals surface area contributed by atoms with Gasteiger partial charge in [-0.15, -0.1) is 0 Å². The molecule has 0 aliphatic carbocycles. The van der Waals surface area contributed by atoms with E-state index in [2.05, 4.69) is 64.7 Å². The zero-order chi connectivity index (χ0) is 22.2. The van der Waals surface area contributed by atoms with Crippen LogP contribution in [0.4, 0.5) is 5.69 Å². The summed E-state index contributed by atoms with van der Waals surface area (Å²) in [7, 11) is 3.83. The summed E-state index contributed by atoms with van der Waals surface area (Å²) in [5.74, 6) is 0. The maximum absolute atomic E-state index is 6.02. The number of ether oxygens (including phenoxy) is 3. The Bertz CT molecular complexity index is 967. The van der Waals surface area contributed by atoms with E-state index in [4.69, 9.17) is 14.2 Å². The number of hydrogen-bond donors (Lipinski definition) is 2. The number of benzene rings is 2. The summed E-state index contributed by atoms with van der Waals surface area (Å²) in [6.07, 6.45) is 2.06. The quantitative estimate of drug-likeness (QED) is 0.432. The number of rotatable bonds is 11. The van der Waals surface area contributed by atoms with Crippen LogP contribution >= 0.6 is 0 Å². The molecule has 1 fully saturated rings. The number of H-pyrrole nitrogens is 1. The average molecular weight is 438 g/mol. The molecule has 2 N–H and O–H groups in total. The lowest BCUT2D eigenvalue weighted by molar-refractivity contribution is 0.0889. The van der Waals surface area contributed by atoms with Crippen LogP contribution in [-0.4, -0.2) is 69.6 Å². The minimum Gasteiger partial charge on any atom is -0.383 e. The van der Waals surface area contributed by atoms with E-state index in [-0.39, 0.29) is 0 Å². The van der Waals surface area contributed by atoms with Crippen LogP contribution in [0.2, 0.25) is 0 Å². The monoisotopic (exact) mass is 437 g/mol. The summed E-state index contributed by atoms with van der Waals surface area (Å²) in [6.45, 7) is 5.48. The summed E-state index contributed by atoms with van der Waals surface area (Å²) >= 11 is 0. The fourth-order valence-electron chi connectivity index (χ4n) is 4.11. The molecule has 0 bridgehead atoms. The molecule has 32 heavy (non-hydrogen) atoms. The maximum atomic E-state index is 6.02. The second kappa shape index (κ2) is 11.5. The van der Waals surface area contributed by atoms with Crippen LogP contribution in [0.1, 0.15) is 18.4 Å². The van der Waals surface area contributed by atoms with Gasteiger partial charge >= 0.3 is 0 Å². The van der Waals surface area contributed by atoms with Gasteiger partial charge in [-0.3, -0.25) is 0 Å². The average Bonchev–Trinajstić information content (AvgIpc) is 3.26. The third kappa shape index (κ3) is 6.11. The standard InChI is InChI=1S/C26H35N3O3/c1-29(10-14-30-2)11-15-32-19-20-16-22-18-24(21-6-4-3-5-7-21)28-26(22)25(17-20)27-23-8-12-31-13-9-23/h3-7,16-18,23,27-28H,8-15,19H2,1-2H3. The Kier molecular flexibility index (Phi) is 8.18. The van der Waals surface area contributed by atoms with Gasteiger partial charge in [0.15, 0.2) is 0 Å². The second-order valence-electron chi connectivity index (χ2n) is 8.54. The second-order valence-corrected chi connectivity index (χ2v) is 8.54. The van der Waals surface area contributed by atoms with Crippen molar-refractivity contribution in [2.24, 2.45) is 0 Å². The Morgan fingerprint density at radius 1 is 1.06 bits per heavy atom. The number of hydrogen-bond acceptors (Lipinski definition) is 5. The van der Waals surface area contributed by atoms with E-state index in [0.29, 0.717) is 19.3 Å². The van der Waals surface area contributed by atoms with E-state index in [0.717, 1.165) is 62.6 Å². The molecule has 2 aromatic carbocycles. The van der Waals surface area contributed by atoms with Crippen molar-refractivity contribution in [2.45, 2.75) is 25.5 Å². The highest BCUT2D eigenvalue weighted by Gasteiger charge is 2.16. The first-order chi connectivity index (χ1) is 15.7. The lowest BCUT2D eigenvalue weighted by Gasteiger charge is -2.25. The Morgan fingerprint density at radius 2 is 1.84 bits per heavy atom. The molecule has 3 aromatic rings. The Hall–Kier alpha value is -2.38. The van der Waals surface area contributed by atoms with Crippen molar-refractivity contribution in [3.63, 3.8) is 0 Å². The smallest absolute Gasteiger partial charge is 0.0718 e. The number of methoxy groups -OCH3 is 1. The third-order valence-electron chi connectivity index (χ3n) is 6.02. The molecule has 172 valence electrons. The highest BCUT2D eigenvalue weighted by molar-refractivity contribution is 5.95. The Labute approximate surface area is 190 Å². The van der Waals surface area contributed by atoms with Gasteiger partial charge in [-0.2, -0.15) is 0 Å². The third-order valence-corrected chi connectivity index (χ3v) is 6.02. The zero-order valence-electron chi connectivity index (χ0n) is 19.2. The molecule has 0 amide bonds. The van der Waals surface area contributed by atoms with Gasteiger partial charge in [0, 0.05) is 50.5 Å². The molecule has 0 saturated carbocycles. The van der Waals surface area contributed by atoms with Crippen LogP contribution < -0.4 is 5.32 Å². The van der Waals surface area contributed by atoms with Gasteiger partial charge in [-0.25, -0.2) is 0 Å². The highest BCUT2D eigenvalue weighted by atomic mass is 16.5. The van der Waals surface area contributed by atoms with E-state index < -0.39 is 0 Å². The van der Waals surface area contributed by atoms with Crippen molar-refractivity contribution in [1.29, 1.82) is 0 Å². The molecule has 0 radical (unpaired) electrons. The maximum Gasteiger partial charge on any atom is 0.0718 e. The van der Waals surface area contributed by atoms with Crippen LogP contribution in [0.25, 0.3) is 22.2 Å². The minimum atomic E-state index is 0.432. The predicted molar refractivity (Wildman–Crippen MR) is 130 cm³/mol. The summed E-state index contributed by atoms with van der Waals surface area (Å²) in [5, 5.41) is 4.98. The van der Waals surface area contributed by atoms with Crippen LogP contribution in [0.3, 0.4) is 0 Å². The van der Waals surface area contributed by atoms with Gasteiger partial charge in [-0.05, 0) is 49.2 Å². The van der Waals surface area contributed by atoms with Crippen LogP contribution in [0.15, 0.2) is 48.5 Å². The molecule has 0 atom stereocenters. The van der Waals surface area contributed by atoms with Crippen molar-refractivity contribution >= 4 is 16.6 Å². The molecule has 4 rings (SSSR count). The van der Waals surface area contributed by atoms with E-state index >= 15 is 0 Å². The van der Waals surface area contributed by atoms with Gasteiger partial charge in [0.25, 0.3) is 0 Å². The first-order valence-electron chi connectivity index (χ1n) is 11.5. The summed E-state index contributed by atoms with van der Waals surface area (Å²) in [6, 6.07) is 17.6. The van der Waals surface area contributed by atoms with Gasteiger partial charge in [-0.1, -0.05) is 30.3 Å². The lowest BCUT2D eigenvalue weighted by atomic mass is 10.1. The van der Waals surface area contributed by atoms with Gasteiger partial charge in [0.2, 0.25) is 0 Å². The first kappa shape index (κ1) is 22.8. The number of fused-ring (bicyclic) bond motifs is 1. The van der Waals surface area contributed by atoms with Crippen LogP contribution in [0, 0.1) is 0 Å². The largest absolute Gasteiger partial charge is 0.383 e. The number of likely N-dealkylation sites (N-methyl/N-ethyl adjacent to an activating group) is 1. The Balaban J connectivity index is 1.50. The number of nitrogens with zero attached hydrogens (tertiary/aromatic N) is 1. The van der Waals surface area contributed by atoms with Crippen molar-refractivity contribution in [3.8, 4) is 11.3 Å². The highest BCUT2D eigenvalue weighted by Crippen LogP contribution is 2.31. The molecular weight excluding hydrogens is 402 g/mol. The van der Waals surface area contributed by atoms with Crippen LogP contribution in [0.5, 0.6) is 0 Å². The lowest BCUT2D eigenvalue weighted by Crippen LogP contribution is -2.28. The molecule has 0 spiro atoms. The topological polar surface area (TPSA) is 58.8 Å². The molecule has 1 aliphatic heterocycles. The van der Waals surface area contributed by atoms with Gasteiger partial charge < -0.3 is 29.4 Å². The van der Waals surface area contributed by atoms with E-state index in [1.165, 1.54) is 16.5 Å². The van der Waals surface area contributed by atoms with Crippen molar-refractivity contribution in [2.75, 3.05) is 59.0 Å². The molecular formula is C26H35N3O3. The van der Waals surface area contributed by atoms with E-state index in [1.807, 2.05) is 6.07 Å². The van der Waals surface area contributed by atoms with E-state index in [9.17, 15) is 0 Å². The van der Waals surface area contributed by atoms with Gasteiger partial charge in [0.1, 0.15) is 0 Å². The molecule has 0 unspecified atom stereocenters. The summed E-state index contributed by atoms with van der Waals surface area (Å²) in [4.78, 5) is 5.87. The van der Waals surface area contributed by atoms with Crippen LogP contribution in [-0.2, 0) is 20.8 Å². The SMILES string of the molecule is COCCN(C)CCOCc1cc(NC2CCOCC2)c2[nH]c(-c3ccccc3)cc2c1. The number of aromatic nitrogens is 1. The molecule has 1 aliphatic rings. The van der Waals surface area contributed by atoms with E-state index in [1.54, 1.807) is 7.11 Å². The normalized spacial score (nSPS) is 15.0. The molecule has 6 nitrogen and oxygen atoms in total. The molecule has 1 aromatic heterocycles. The van der Waals surface area contributed by atoms with Crippen molar-refractivity contribution in [1.82, 2.24) is 9.88 Å². The number of nitrogens with one attached hydrogen (secondary N) is 2. The molecule has 2 heterocycles. The van der Waals surface area contributed by atoms with Crippen molar-refractivity contribution in [3.05, 3.63) is 54.1 Å². The number of aromatic amines is 1. The molecule has 1 saturated heterocycles. The predicted octanol–water partition coefficient (Wildman–Crippen LogP) is 4.52. The Morgan fingerprint density at radius 3 is 2.62 bits per heavy atom. The van der Waals surface area contributed by atoms with Gasteiger partial charge in [0.05, 0.1) is 31.0 Å². The van der Waals surface area contributed by atoms with Crippen molar-refractivity contribution < 1.29 is 14.2 Å². The minimum absolute atomic E-state index is 0.432. The fourth-order valence-corrected chi connectivity index (χ4v) is 4.11. The summed E-state index contributed by atoms with van der Waals surface area (Å²) < 4.78 is 16.7. The molecule has 6 heteroatoms. The summed E-state index contributed by atoms with van der Waals surface area (Å²) in [5.41, 5.74) is 5.81.